The number of aliphatic hydroxyl groups excluding tert-OH is 1. The summed E-state index contributed by atoms with van der Waals surface area (Å²) in [6.45, 7) is 1.43. The number of carbonyl (C=O) groups excluding carboxylic acids is 1. The number of fused-ring (bicyclic) bond motifs is 3. The maximum Gasteiger partial charge on any atom is 0.351 e. The zero-order valence-corrected chi connectivity index (χ0v) is 17.7. The van der Waals surface area contributed by atoms with E-state index >= 15 is 0 Å². The van der Waals surface area contributed by atoms with Crippen LogP contribution in [0.5, 0.6) is 5.75 Å². The minimum Gasteiger partial charge on any atom is -0.473 e. The Hall–Kier alpha value is -3.19. The van der Waals surface area contributed by atoms with Crippen molar-refractivity contribution in [3.05, 3.63) is 72.3 Å². The summed E-state index contributed by atoms with van der Waals surface area (Å²) in [5, 5.41) is 10.7. The first kappa shape index (κ1) is 22.0. The van der Waals surface area contributed by atoms with E-state index in [1.807, 2.05) is 42.5 Å². The van der Waals surface area contributed by atoms with Crippen LogP contribution in [0.4, 0.5) is 0 Å². The Morgan fingerprint density at radius 2 is 1.56 bits per heavy atom. The second-order valence-corrected chi connectivity index (χ2v) is 7.27. The Bertz CT molecular complexity index is 1080. The normalized spacial score (nSPS) is 14.7. The third-order valence-electron chi connectivity index (χ3n) is 5.12. The maximum atomic E-state index is 12.5. The Balaban J connectivity index is 1.42. The highest BCUT2D eigenvalue weighted by Gasteiger charge is 2.25. The lowest BCUT2D eigenvalue weighted by molar-refractivity contribution is -0.151. The van der Waals surface area contributed by atoms with Crippen LogP contribution in [0.2, 0.25) is 0 Å². The number of carbonyl (C=O) groups is 1. The van der Waals surface area contributed by atoms with E-state index in [1.54, 1.807) is 6.08 Å². The van der Waals surface area contributed by atoms with Gasteiger partial charge in [-0.1, -0.05) is 60.7 Å². The topological polar surface area (TPSA) is 74.2 Å². The van der Waals surface area contributed by atoms with Crippen molar-refractivity contribution >= 4 is 22.8 Å². The summed E-state index contributed by atoms with van der Waals surface area (Å²) < 4.78 is 21.8. The maximum absolute atomic E-state index is 12.5. The molecule has 1 heterocycles. The molecule has 1 atom stereocenters. The molecular formula is C26H26O6. The second kappa shape index (κ2) is 10.9. The van der Waals surface area contributed by atoms with Crippen molar-refractivity contribution in [2.75, 3.05) is 39.6 Å². The fraction of sp³-hybridized carbons (Fsp3) is 0.269. The molecule has 32 heavy (non-hydrogen) atoms. The number of ether oxygens (including phenoxy) is 4. The van der Waals surface area contributed by atoms with Gasteiger partial charge in [0.1, 0.15) is 12.4 Å². The van der Waals surface area contributed by atoms with Crippen molar-refractivity contribution in [2.45, 2.75) is 6.10 Å². The quantitative estimate of drug-likeness (QED) is 0.386. The third kappa shape index (κ3) is 5.16. The molecule has 166 valence electrons. The molecule has 0 saturated carbocycles. The standard InChI is InChI=1S/C26H26O6/c27-12-13-29-14-15-30-16-17-31-26(28)24-11-10-20-18-23(19-6-2-1-3-7-19)21-8-4-5-9-22(21)25(20)32-24/h1-11,18,24,27H,12-17H2. The minimum atomic E-state index is -0.804. The molecular weight excluding hydrogens is 408 g/mol. The monoisotopic (exact) mass is 434 g/mol. The van der Waals surface area contributed by atoms with Gasteiger partial charge < -0.3 is 24.1 Å². The summed E-state index contributed by atoms with van der Waals surface area (Å²) in [7, 11) is 0. The molecule has 1 unspecified atom stereocenters. The largest absolute Gasteiger partial charge is 0.473 e. The van der Waals surface area contributed by atoms with Crippen LogP contribution in [0.1, 0.15) is 5.56 Å². The van der Waals surface area contributed by atoms with Gasteiger partial charge in [-0.2, -0.15) is 0 Å². The third-order valence-corrected chi connectivity index (χ3v) is 5.12. The smallest absolute Gasteiger partial charge is 0.351 e. The lowest BCUT2D eigenvalue weighted by atomic mass is 9.93. The van der Waals surface area contributed by atoms with E-state index in [0.717, 1.165) is 27.5 Å². The van der Waals surface area contributed by atoms with E-state index in [4.69, 9.17) is 24.1 Å². The number of aliphatic hydroxyl groups is 1. The van der Waals surface area contributed by atoms with Gasteiger partial charge in [0.15, 0.2) is 0 Å². The van der Waals surface area contributed by atoms with E-state index in [1.165, 1.54) is 0 Å². The van der Waals surface area contributed by atoms with Crippen molar-refractivity contribution < 1.29 is 28.8 Å². The second-order valence-electron chi connectivity index (χ2n) is 7.27. The molecule has 0 spiro atoms. The Labute approximate surface area is 187 Å². The number of benzene rings is 3. The molecule has 6 heteroatoms. The lowest BCUT2D eigenvalue weighted by Gasteiger charge is -2.23. The summed E-state index contributed by atoms with van der Waals surface area (Å²) >= 11 is 0. The Morgan fingerprint density at radius 3 is 2.34 bits per heavy atom. The van der Waals surface area contributed by atoms with Crippen molar-refractivity contribution in [3.8, 4) is 16.9 Å². The highest BCUT2D eigenvalue weighted by atomic mass is 16.6. The Morgan fingerprint density at radius 1 is 0.875 bits per heavy atom. The molecule has 4 rings (SSSR count). The first-order chi connectivity index (χ1) is 15.8. The van der Waals surface area contributed by atoms with Crippen LogP contribution in [0.3, 0.4) is 0 Å². The highest BCUT2D eigenvalue weighted by molar-refractivity contribution is 6.03. The molecule has 0 fully saturated rings. The average molecular weight is 434 g/mol. The van der Waals surface area contributed by atoms with Crippen molar-refractivity contribution in [1.82, 2.24) is 0 Å². The summed E-state index contributed by atoms with van der Waals surface area (Å²) in [6, 6.07) is 20.3. The summed E-state index contributed by atoms with van der Waals surface area (Å²) in [4.78, 5) is 12.5. The lowest BCUT2D eigenvalue weighted by Crippen LogP contribution is -2.30. The van der Waals surface area contributed by atoms with Crippen LogP contribution in [-0.4, -0.2) is 56.8 Å². The first-order valence-electron chi connectivity index (χ1n) is 10.7. The van der Waals surface area contributed by atoms with Gasteiger partial charge >= 0.3 is 5.97 Å². The summed E-state index contributed by atoms with van der Waals surface area (Å²) in [5.74, 6) is 0.227. The van der Waals surface area contributed by atoms with Gasteiger partial charge in [0.25, 0.3) is 0 Å². The molecule has 0 aliphatic carbocycles. The van der Waals surface area contributed by atoms with Gasteiger partial charge in [0.2, 0.25) is 6.10 Å². The molecule has 1 aliphatic rings. The van der Waals surface area contributed by atoms with Crippen molar-refractivity contribution in [3.63, 3.8) is 0 Å². The van der Waals surface area contributed by atoms with Crippen molar-refractivity contribution in [2.24, 2.45) is 0 Å². The van der Waals surface area contributed by atoms with Gasteiger partial charge in [0, 0.05) is 10.9 Å². The minimum absolute atomic E-state index is 0.0154. The highest BCUT2D eigenvalue weighted by Crippen LogP contribution is 2.40. The van der Waals surface area contributed by atoms with Crippen molar-refractivity contribution in [1.29, 1.82) is 0 Å². The van der Waals surface area contributed by atoms with E-state index < -0.39 is 12.1 Å². The number of hydrogen-bond donors (Lipinski definition) is 1. The van der Waals surface area contributed by atoms with E-state index in [0.29, 0.717) is 19.0 Å². The SMILES string of the molecule is O=C(OCCOCCOCCO)C1C=Cc2cc(-c3ccccc3)c3ccccc3c2O1. The average Bonchev–Trinajstić information content (AvgIpc) is 2.85. The molecule has 0 amide bonds. The van der Waals surface area contributed by atoms with Crippen LogP contribution in [0, 0.1) is 0 Å². The van der Waals surface area contributed by atoms with Gasteiger partial charge in [-0.3, -0.25) is 0 Å². The van der Waals surface area contributed by atoms with Crippen LogP contribution in [0.25, 0.3) is 28.0 Å². The number of hydrogen-bond acceptors (Lipinski definition) is 6. The molecule has 3 aromatic carbocycles. The molecule has 0 radical (unpaired) electrons. The van der Waals surface area contributed by atoms with Gasteiger partial charge in [0.05, 0.1) is 33.0 Å². The molecule has 6 nitrogen and oxygen atoms in total. The van der Waals surface area contributed by atoms with Crippen LogP contribution < -0.4 is 4.74 Å². The number of esters is 1. The molecule has 1 aliphatic heterocycles. The molecule has 0 bridgehead atoms. The zero-order valence-electron chi connectivity index (χ0n) is 17.7. The van der Waals surface area contributed by atoms with Gasteiger partial charge in [-0.15, -0.1) is 0 Å². The van der Waals surface area contributed by atoms with Crippen LogP contribution in [-0.2, 0) is 19.0 Å². The first-order valence-corrected chi connectivity index (χ1v) is 10.7. The molecule has 0 saturated heterocycles. The summed E-state index contributed by atoms with van der Waals surface area (Å²) in [5.41, 5.74) is 3.18. The van der Waals surface area contributed by atoms with Gasteiger partial charge in [-0.25, -0.2) is 4.79 Å². The predicted molar refractivity (Wildman–Crippen MR) is 123 cm³/mol. The van der Waals surface area contributed by atoms with E-state index in [9.17, 15) is 4.79 Å². The fourth-order valence-electron chi connectivity index (χ4n) is 3.64. The zero-order chi connectivity index (χ0) is 22.2. The van der Waals surface area contributed by atoms with E-state index in [2.05, 4.69) is 24.3 Å². The summed E-state index contributed by atoms with van der Waals surface area (Å²) in [6.07, 6.45) is 2.83. The molecule has 0 aromatic heterocycles. The fourth-order valence-corrected chi connectivity index (χ4v) is 3.64. The van der Waals surface area contributed by atoms with Crippen LogP contribution in [0.15, 0.2) is 66.7 Å². The molecule has 1 N–H and O–H groups in total. The molecule has 3 aromatic rings. The Kier molecular flexibility index (Phi) is 7.51. The van der Waals surface area contributed by atoms with E-state index in [-0.39, 0.29) is 26.4 Å². The van der Waals surface area contributed by atoms with Gasteiger partial charge in [-0.05, 0) is 28.7 Å². The number of rotatable bonds is 10. The van der Waals surface area contributed by atoms with Crippen LogP contribution >= 0.6 is 0 Å². The predicted octanol–water partition coefficient (Wildman–Crippen LogP) is 3.85.